The van der Waals surface area contributed by atoms with Crippen molar-refractivity contribution in [1.82, 2.24) is 4.31 Å². The predicted octanol–water partition coefficient (Wildman–Crippen LogP) is 2.35. The largest absolute Gasteiger partial charge is 0.302 e. The second kappa shape index (κ2) is 5.17. The lowest BCUT2D eigenvalue weighted by atomic mass is 10.2. The molecule has 1 fully saturated rings. The van der Waals surface area contributed by atoms with Gasteiger partial charge in [0, 0.05) is 16.6 Å². The maximum absolute atomic E-state index is 12.4. The van der Waals surface area contributed by atoms with Crippen LogP contribution in [0.15, 0.2) is 23.1 Å². The van der Waals surface area contributed by atoms with Gasteiger partial charge in [0.2, 0.25) is 10.0 Å². The summed E-state index contributed by atoms with van der Waals surface area (Å²) in [4.78, 5) is 10.9. The highest BCUT2D eigenvalue weighted by molar-refractivity contribution is 7.89. The van der Waals surface area contributed by atoms with Crippen molar-refractivity contribution in [3.8, 4) is 0 Å². The Morgan fingerprint density at radius 3 is 2.39 bits per heavy atom. The number of benzene rings is 1. The van der Waals surface area contributed by atoms with Crippen molar-refractivity contribution >= 4 is 39.5 Å². The predicted molar refractivity (Wildman–Crippen MR) is 69.4 cm³/mol. The molecule has 98 valence electrons. The monoisotopic (exact) mass is 307 g/mol. The Morgan fingerprint density at radius 2 is 1.83 bits per heavy atom. The lowest BCUT2D eigenvalue weighted by Gasteiger charge is -2.20. The third kappa shape index (κ3) is 2.54. The molecule has 2 rings (SSSR count). The molecule has 0 spiro atoms. The summed E-state index contributed by atoms with van der Waals surface area (Å²) in [6.45, 7) is 0.343. The van der Waals surface area contributed by atoms with Crippen LogP contribution in [0.5, 0.6) is 0 Å². The highest BCUT2D eigenvalue weighted by atomic mass is 35.5. The van der Waals surface area contributed by atoms with Crippen LogP contribution >= 0.6 is 23.2 Å². The van der Waals surface area contributed by atoms with E-state index < -0.39 is 16.1 Å². The zero-order valence-corrected chi connectivity index (χ0v) is 11.7. The van der Waals surface area contributed by atoms with E-state index in [0.29, 0.717) is 25.7 Å². The van der Waals surface area contributed by atoms with E-state index in [0.717, 1.165) is 0 Å². The number of sulfonamides is 1. The topological polar surface area (TPSA) is 54.5 Å². The summed E-state index contributed by atoms with van der Waals surface area (Å²) in [5.74, 6) is 0. The maximum atomic E-state index is 12.4. The van der Waals surface area contributed by atoms with Crippen LogP contribution in [0, 0.1) is 0 Å². The highest BCUT2D eigenvalue weighted by Crippen LogP contribution is 2.28. The number of aldehydes is 1. The normalized spacial score (nSPS) is 21.1. The number of carbonyl (C=O) groups excluding carboxylic acids is 1. The molecule has 1 aliphatic rings. The summed E-state index contributed by atoms with van der Waals surface area (Å²) >= 11 is 11.6. The Kier molecular flexibility index (Phi) is 3.96. The first-order valence-electron chi connectivity index (χ1n) is 5.38. The van der Waals surface area contributed by atoms with Gasteiger partial charge in [0.05, 0.1) is 10.9 Å². The fourth-order valence-electron chi connectivity index (χ4n) is 2.01. The van der Waals surface area contributed by atoms with E-state index >= 15 is 0 Å². The molecule has 0 bridgehead atoms. The molecule has 1 heterocycles. The second-order valence-corrected chi connectivity index (χ2v) is 6.83. The van der Waals surface area contributed by atoms with Crippen molar-refractivity contribution in [3.05, 3.63) is 28.2 Å². The maximum Gasteiger partial charge on any atom is 0.243 e. The third-order valence-corrected chi connectivity index (χ3v) is 5.19. The summed E-state index contributed by atoms with van der Waals surface area (Å²) in [5, 5.41) is 0.505. The SMILES string of the molecule is O=C[C@H]1CCCN1S(=O)(=O)c1cc(Cl)cc(Cl)c1. The van der Waals surface area contributed by atoms with E-state index in [4.69, 9.17) is 23.2 Å². The van der Waals surface area contributed by atoms with Crippen LogP contribution in [0.3, 0.4) is 0 Å². The summed E-state index contributed by atoms with van der Waals surface area (Å²) in [7, 11) is -3.71. The van der Waals surface area contributed by atoms with Gasteiger partial charge in [-0.05, 0) is 31.0 Å². The second-order valence-electron chi connectivity index (χ2n) is 4.07. The average Bonchev–Trinajstić information content (AvgIpc) is 2.76. The number of carbonyl (C=O) groups is 1. The van der Waals surface area contributed by atoms with E-state index in [1.54, 1.807) is 0 Å². The van der Waals surface area contributed by atoms with Gasteiger partial charge in [0.25, 0.3) is 0 Å². The summed E-state index contributed by atoms with van der Waals surface area (Å²) < 4.78 is 25.9. The quantitative estimate of drug-likeness (QED) is 0.805. The van der Waals surface area contributed by atoms with Crippen LogP contribution in [0.2, 0.25) is 10.0 Å². The van der Waals surface area contributed by atoms with Gasteiger partial charge in [-0.3, -0.25) is 0 Å². The molecule has 1 aliphatic heterocycles. The van der Waals surface area contributed by atoms with Crippen molar-refractivity contribution in [1.29, 1.82) is 0 Å². The van der Waals surface area contributed by atoms with Gasteiger partial charge in [-0.2, -0.15) is 4.31 Å². The number of rotatable bonds is 3. The van der Waals surface area contributed by atoms with Gasteiger partial charge in [-0.1, -0.05) is 23.2 Å². The Hall–Kier alpha value is -0.620. The van der Waals surface area contributed by atoms with E-state index in [9.17, 15) is 13.2 Å². The van der Waals surface area contributed by atoms with E-state index in [2.05, 4.69) is 0 Å². The van der Waals surface area contributed by atoms with E-state index in [1.807, 2.05) is 0 Å². The standard InChI is InChI=1S/C11H11Cl2NO3S/c12-8-4-9(13)6-11(5-8)18(16,17)14-3-1-2-10(14)7-15/h4-7,10H,1-3H2/t10-/m1/s1. The minimum absolute atomic E-state index is 0.0220. The van der Waals surface area contributed by atoms with Gasteiger partial charge >= 0.3 is 0 Å². The highest BCUT2D eigenvalue weighted by Gasteiger charge is 2.35. The van der Waals surface area contributed by atoms with Crippen molar-refractivity contribution in [2.45, 2.75) is 23.8 Å². The van der Waals surface area contributed by atoms with Crippen molar-refractivity contribution in [2.24, 2.45) is 0 Å². The van der Waals surface area contributed by atoms with Gasteiger partial charge < -0.3 is 4.79 Å². The number of halogens is 2. The third-order valence-electron chi connectivity index (χ3n) is 2.85. The lowest BCUT2D eigenvalue weighted by molar-refractivity contribution is -0.110. The lowest BCUT2D eigenvalue weighted by Crippen LogP contribution is -2.36. The fraction of sp³-hybridized carbons (Fsp3) is 0.364. The van der Waals surface area contributed by atoms with Crippen LogP contribution in [-0.2, 0) is 14.8 Å². The van der Waals surface area contributed by atoms with Crippen LogP contribution in [-0.4, -0.2) is 31.6 Å². The molecule has 4 nitrogen and oxygen atoms in total. The van der Waals surface area contributed by atoms with Crippen LogP contribution in [0.1, 0.15) is 12.8 Å². The Morgan fingerprint density at radius 1 is 1.22 bits per heavy atom. The first-order chi connectivity index (χ1) is 8.45. The van der Waals surface area contributed by atoms with Crippen LogP contribution in [0.25, 0.3) is 0 Å². The Bertz CT molecular complexity index is 553. The molecule has 0 amide bonds. The average molecular weight is 308 g/mol. The molecule has 7 heteroatoms. The molecule has 1 aromatic rings. The molecule has 0 aliphatic carbocycles. The molecule has 0 aromatic heterocycles. The first kappa shape index (κ1) is 13.8. The zero-order chi connectivity index (χ0) is 13.3. The summed E-state index contributed by atoms with van der Waals surface area (Å²) in [6, 6.07) is 3.54. The van der Waals surface area contributed by atoms with E-state index in [-0.39, 0.29) is 14.9 Å². The molecule has 0 unspecified atom stereocenters. The molecule has 1 saturated heterocycles. The first-order valence-corrected chi connectivity index (χ1v) is 7.58. The number of nitrogens with zero attached hydrogens (tertiary/aromatic N) is 1. The molecule has 0 N–H and O–H groups in total. The molecule has 0 radical (unpaired) electrons. The van der Waals surface area contributed by atoms with Gasteiger partial charge in [0.15, 0.2) is 0 Å². The molecular weight excluding hydrogens is 297 g/mol. The molecule has 0 saturated carbocycles. The van der Waals surface area contributed by atoms with Gasteiger partial charge in [-0.15, -0.1) is 0 Å². The Labute approximate surface area is 116 Å². The minimum atomic E-state index is -3.71. The smallest absolute Gasteiger partial charge is 0.243 e. The van der Waals surface area contributed by atoms with Gasteiger partial charge in [0.1, 0.15) is 6.29 Å². The fourth-order valence-corrected chi connectivity index (χ4v) is 4.37. The van der Waals surface area contributed by atoms with Crippen LogP contribution < -0.4 is 0 Å². The molecule has 1 aromatic carbocycles. The zero-order valence-electron chi connectivity index (χ0n) is 9.34. The minimum Gasteiger partial charge on any atom is -0.302 e. The number of hydrogen-bond donors (Lipinski definition) is 0. The van der Waals surface area contributed by atoms with Crippen molar-refractivity contribution < 1.29 is 13.2 Å². The summed E-state index contributed by atoms with van der Waals surface area (Å²) in [5.41, 5.74) is 0. The van der Waals surface area contributed by atoms with E-state index in [1.165, 1.54) is 22.5 Å². The van der Waals surface area contributed by atoms with Gasteiger partial charge in [-0.25, -0.2) is 8.42 Å². The van der Waals surface area contributed by atoms with Crippen LogP contribution in [0.4, 0.5) is 0 Å². The van der Waals surface area contributed by atoms with Crippen molar-refractivity contribution in [2.75, 3.05) is 6.54 Å². The Balaban J connectivity index is 2.44. The van der Waals surface area contributed by atoms with Crippen molar-refractivity contribution in [3.63, 3.8) is 0 Å². The molecule has 1 atom stereocenters. The molecular formula is C11H11Cl2NO3S. The molecule has 18 heavy (non-hydrogen) atoms. The summed E-state index contributed by atoms with van der Waals surface area (Å²) in [6.07, 6.45) is 1.89. The number of hydrogen-bond acceptors (Lipinski definition) is 3.